The summed E-state index contributed by atoms with van der Waals surface area (Å²) in [5, 5.41) is 9.28. The van der Waals surface area contributed by atoms with Crippen LogP contribution in [-0.2, 0) is 22.4 Å². The Kier molecular flexibility index (Phi) is 6.82. The molecule has 3 aromatic rings. The van der Waals surface area contributed by atoms with Gasteiger partial charge < -0.3 is 10.6 Å². The molecule has 28 heavy (non-hydrogen) atoms. The van der Waals surface area contributed by atoms with Crippen molar-refractivity contribution in [3.05, 3.63) is 71.1 Å². The molecule has 146 valence electrons. The van der Waals surface area contributed by atoms with E-state index in [1.54, 1.807) is 11.3 Å². The van der Waals surface area contributed by atoms with Gasteiger partial charge in [-0.25, -0.2) is 0 Å². The van der Waals surface area contributed by atoms with Crippen molar-refractivity contribution < 1.29 is 9.59 Å². The molecule has 5 heteroatoms. The molecule has 0 aliphatic rings. The van der Waals surface area contributed by atoms with Crippen LogP contribution in [0.3, 0.4) is 0 Å². The zero-order valence-electron chi connectivity index (χ0n) is 16.3. The molecule has 1 heterocycles. The van der Waals surface area contributed by atoms with Crippen LogP contribution in [0.2, 0.25) is 0 Å². The third kappa shape index (κ3) is 5.20. The van der Waals surface area contributed by atoms with Gasteiger partial charge in [-0.1, -0.05) is 62.4 Å². The Labute approximate surface area is 170 Å². The normalized spacial score (nSPS) is 12.1. The van der Waals surface area contributed by atoms with E-state index in [1.165, 1.54) is 15.6 Å². The number of hydrogen-bond donors (Lipinski definition) is 2. The fourth-order valence-electron chi connectivity index (χ4n) is 3.20. The molecule has 4 nitrogen and oxygen atoms in total. The van der Waals surface area contributed by atoms with Crippen LogP contribution >= 0.6 is 11.3 Å². The lowest BCUT2D eigenvalue weighted by Crippen LogP contribution is -2.50. The number of amides is 2. The minimum Gasteiger partial charge on any atom is -0.354 e. The van der Waals surface area contributed by atoms with Gasteiger partial charge in [0.2, 0.25) is 11.8 Å². The monoisotopic (exact) mass is 394 g/mol. The van der Waals surface area contributed by atoms with E-state index >= 15 is 0 Å². The number of thiophene rings is 1. The largest absolute Gasteiger partial charge is 0.354 e. The number of carbonyl (C=O) groups excluding carboxylic acids is 2. The highest BCUT2D eigenvalue weighted by Gasteiger charge is 2.23. The average molecular weight is 395 g/mol. The minimum absolute atomic E-state index is 0.0155. The van der Waals surface area contributed by atoms with Crippen LogP contribution < -0.4 is 10.6 Å². The molecule has 0 saturated carbocycles. The topological polar surface area (TPSA) is 58.2 Å². The Morgan fingerprint density at radius 3 is 2.46 bits per heavy atom. The number of carbonyl (C=O) groups is 2. The standard InChI is InChI=1S/C23H26N2O2S/c1-16(2)22(25-21(26)14-17-8-4-3-5-9-17)23(27)24-13-12-18-15-28-20-11-7-6-10-19(18)20/h3-11,15-16,22H,12-14H2,1-2H3,(H,24,27)(H,25,26). The molecule has 0 fully saturated rings. The van der Waals surface area contributed by atoms with Crippen LogP contribution in [0.25, 0.3) is 10.1 Å². The van der Waals surface area contributed by atoms with Crippen LogP contribution in [0.1, 0.15) is 25.0 Å². The summed E-state index contributed by atoms with van der Waals surface area (Å²) < 4.78 is 1.26. The zero-order valence-corrected chi connectivity index (χ0v) is 17.1. The van der Waals surface area contributed by atoms with Gasteiger partial charge in [0.25, 0.3) is 0 Å². The maximum Gasteiger partial charge on any atom is 0.242 e. The molecule has 3 rings (SSSR count). The van der Waals surface area contributed by atoms with E-state index in [0.717, 1.165) is 12.0 Å². The van der Waals surface area contributed by atoms with Crippen LogP contribution in [-0.4, -0.2) is 24.4 Å². The first-order valence-corrected chi connectivity index (χ1v) is 10.5. The molecule has 0 saturated heterocycles. The molecule has 1 atom stereocenters. The predicted octanol–water partition coefficient (Wildman–Crippen LogP) is 3.94. The molecular formula is C23H26N2O2S. The summed E-state index contributed by atoms with van der Waals surface area (Å²) >= 11 is 1.72. The van der Waals surface area contributed by atoms with E-state index < -0.39 is 6.04 Å². The van der Waals surface area contributed by atoms with Gasteiger partial charge >= 0.3 is 0 Å². The highest BCUT2D eigenvalue weighted by atomic mass is 32.1. The first kappa shape index (κ1) is 20.1. The van der Waals surface area contributed by atoms with Crippen LogP contribution in [0.5, 0.6) is 0 Å². The molecule has 0 aliphatic heterocycles. The van der Waals surface area contributed by atoms with Crippen molar-refractivity contribution in [1.29, 1.82) is 0 Å². The predicted molar refractivity (Wildman–Crippen MR) is 115 cm³/mol. The maximum absolute atomic E-state index is 12.6. The van der Waals surface area contributed by atoms with Gasteiger partial charge in [0.15, 0.2) is 0 Å². The molecule has 0 radical (unpaired) electrons. The molecule has 2 aromatic carbocycles. The van der Waals surface area contributed by atoms with E-state index in [9.17, 15) is 9.59 Å². The molecule has 0 aliphatic carbocycles. The molecular weight excluding hydrogens is 368 g/mol. The Bertz CT molecular complexity index is 934. The highest BCUT2D eigenvalue weighted by Crippen LogP contribution is 2.25. The van der Waals surface area contributed by atoms with Crippen molar-refractivity contribution >= 4 is 33.2 Å². The van der Waals surface area contributed by atoms with Crippen molar-refractivity contribution in [3.8, 4) is 0 Å². The number of hydrogen-bond acceptors (Lipinski definition) is 3. The van der Waals surface area contributed by atoms with Gasteiger partial charge in [0.1, 0.15) is 6.04 Å². The van der Waals surface area contributed by atoms with E-state index in [4.69, 9.17) is 0 Å². The molecule has 1 unspecified atom stereocenters. The lowest BCUT2D eigenvalue weighted by molar-refractivity contribution is -0.129. The summed E-state index contributed by atoms with van der Waals surface area (Å²) in [6, 6.07) is 17.3. The average Bonchev–Trinajstić information content (AvgIpc) is 3.10. The fraction of sp³-hybridized carbons (Fsp3) is 0.304. The maximum atomic E-state index is 12.6. The van der Waals surface area contributed by atoms with Crippen molar-refractivity contribution in [1.82, 2.24) is 10.6 Å². The van der Waals surface area contributed by atoms with Gasteiger partial charge in [-0.3, -0.25) is 9.59 Å². The lowest BCUT2D eigenvalue weighted by Gasteiger charge is -2.21. The first-order valence-electron chi connectivity index (χ1n) is 9.60. The first-order chi connectivity index (χ1) is 13.5. The molecule has 0 spiro atoms. The Morgan fingerprint density at radius 2 is 1.71 bits per heavy atom. The summed E-state index contributed by atoms with van der Waals surface area (Å²) in [6.45, 7) is 4.44. The van der Waals surface area contributed by atoms with E-state index in [2.05, 4.69) is 28.1 Å². The SMILES string of the molecule is CC(C)C(NC(=O)Cc1ccccc1)C(=O)NCCc1csc2ccccc12. The molecule has 2 amide bonds. The van der Waals surface area contributed by atoms with Crippen molar-refractivity contribution in [2.24, 2.45) is 5.92 Å². The second kappa shape index (κ2) is 9.51. The van der Waals surface area contributed by atoms with Gasteiger partial charge in [-0.2, -0.15) is 0 Å². The lowest BCUT2D eigenvalue weighted by atomic mass is 10.0. The minimum atomic E-state index is -0.532. The summed E-state index contributed by atoms with van der Waals surface area (Å²) in [6.07, 6.45) is 1.05. The highest BCUT2D eigenvalue weighted by molar-refractivity contribution is 7.17. The van der Waals surface area contributed by atoms with Gasteiger partial charge in [-0.15, -0.1) is 11.3 Å². The molecule has 2 N–H and O–H groups in total. The van der Waals surface area contributed by atoms with E-state index in [0.29, 0.717) is 6.54 Å². The summed E-state index contributed by atoms with van der Waals surface area (Å²) in [7, 11) is 0. The van der Waals surface area contributed by atoms with E-state index in [-0.39, 0.29) is 24.2 Å². The third-order valence-electron chi connectivity index (χ3n) is 4.73. The molecule has 1 aromatic heterocycles. The Hall–Kier alpha value is -2.66. The van der Waals surface area contributed by atoms with E-state index in [1.807, 2.05) is 56.3 Å². The van der Waals surface area contributed by atoms with Gasteiger partial charge in [0.05, 0.1) is 6.42 Å². The number of nitrogens with one attached hydrogen (secondary N) is 2. The van der Waals surface area contributed by atoms with Crippen LogP contribution in [0.4, 0.5) is 0 Å². The smallest absolute Gasteiger partial charge is 0.242 e. The second-order valence-electron chi connectivity index (χ2n) is 7.25. The Morgan fingerprint density at radius 1 is 1.00 bits per heavy atom. The third-order valence-corrected chi connectivity index (χ3v) is 5.74. The molecule has 0 bridgehead atoms. The van der Waals surface area contributed by atoms with Gasteiger partial charge in [-0.05, 0) is 40.3 Å². The second-order valence-corrected chi connectivity index (χ2v) is 8.16. The van der Waals surface area contributed by atoms with Crippen molar-refractivity contribution in [2.45, 2.75) is 32.7 Å². The quantitative estimate of drug-likeness (QED) is 0.608. The summed E-state index contributed by atoms with van der Waals surface area (Å²) in [5.74, 6) is -0.249. The zero-order chi connectivity index (χ0) is 19.9. The Balaban J connectivity index is 1.53. The number of benzene rings is 2. The summed E-state index contributed by atoms with van der Waals surface area (Å²) in [5.41, 5.74) is 2.18. The fourth-order valence-corrected chi connectivity index (χ4v) is 4.19. The summed E-state index contributed by atoms with van der Waals surface area (Å²) in [4.78, 5) is 25.0. The van der Waals surface area contributed by atoms with Crippen molar-refractivity contribution in [3.63, 3.8) is 0 Å². The van der Waals surface area contributed by atoms with Crippen LogP contribution in [0, 0.1) is 5.92 Å². The van der Waals surface area contributed by atoms with Crippen LogP contribution in [0.15, 0.2) is 60.0 Å². The number of fused-ring (bicyclic) bond motifs is 1. The number of rotatable bonds is 8. The van der Waals surface area contributed by atoms with Gasteiger partial charge in [0, 0.05) is 11.2 Å². The van der Waals surface area contributed by atoms with Crippen molar-refractivity contribution in [2.75, 3.05) is 6.54 Å².